The van der Waals surface area contributed by atoms with E-state index in [0.717, 1.165) is 38.7 Å². The Morgan fingerprint density at radius 1 is 1.00 bits per heavy atom. The maximum atomic E-state index is 9.56. The molecule has 0 aliphatic rings. The Hall–Kier alpha value is -3.12. The zero-order valence-corrected chi connectivity index (χ0v) is 13.9. The summed E-state index contributed by atoms with van der Waals surface area (Å²) in [4.78, 5) is 0. The first-order valence-corrected chi connectivity index (χ1v) is 7.92. The minimum Gasteiger partial charge on any atom is -0.455 e. The van der Waals surface area contributed by atoms with Crippen LogP contribution in [0, 0.1) is 25.2 Å². The van der Waals surface area contributed by atoms with Crippen molar-refractivity contribution in [2.24, 2.45) is 7.05 Å². The number of aromatic nitrogens is 1. The van der Waals surface area contributed by atoms with Crippen molar-refractivity contribution < 1.29 is 8.98 Å². The van der Waals surface area contributed by atoms with Crippen molar-refractivity contribution in [3.05, 3.63) is 65.4 Å². The molecule has 3 heteroatoms. The van der Waals surface area contributed by atoms with Crippen LogP contribution < -0.4 is 4.57 Å². The molecule has 0 atom stereocenters. The van der Waals surface area contributed by atoms with Gasteiger partial charge < -0.3 is 4.42 Å². The van der Waals surface area contributed by atoms with Crippen molar-refractivity contribution >= 4 is 21.9 Å². The zero-order valence-electron chi connectivity index (χ0n) is 13.9. The van der Waals surface area contributed by atoms with Gasteiger partial charge in [0.05, 0.1) is 11.1 Å². The maximum absolute atomic E-state index is 9.56. The van der Waals surface area contributed by atoms with E-state index in [1.807, 2.05) is 43.6 Å². The van der Waals surface area contributed by atoms with Crippen LogP contribution in [0.4, 0.5) is 0 Å². The van der Waals surface area contributed by atoms with Crippen molar-refractivity contribution in [3.63, 3.8) is 0 Å². The Labute approximate surface area is 140 Å². The number of furan rings is 1. The second kappa shape index (κ2) is 5.21. The summed E-state index contributed by atoms with van der Waals surface area (Å²) in [6.45, 7) is 4.14. The number of fused-ring (bicyclic) bond motifs is 3. The fraction of sp³-hybridized carbons (Fsp3) is 0.143. The Morgan fingerprint density at radius 3 is 2.58 bits per heavy atom. The summed E-state index contributed by atoms with van der Waals surface area (Å²) in [7, 11) is 2.04. The first-order valence-electron chi connectivity index (χ1n) is 7.92. The van der Waals surface area contributed by atoms with Gasteiger partial charge in [0.1, 0.15) is 18.7 Å². The highest BCUT2D eigenvalue weighted by atomic mass is 16.3. The summed E-state index contributed by atoms with van der Waals surface area (Å²) < 4.78 is 8.18. The first kappa shape index (κ1) is 14.5. The zero-order chi connectivity index (χ0) is 16.8. The minimum absolute atomic E-state index is 0.584. The molecule has 0 N–H and O–H groups in total. The van der Waals surface area contributed by atoms with Crippen LogP contribution in [-0.4, -0.2) is 0 Å². The highest BCUT2D eigenvalue weighted by Crippen LogP contribution is 2.40. The maximum Gasteiger partial charge on any atom is 0.213 e. The topological polar surface area (TPSA) is 40.8 Å². The van der Waals surface area contributed by atoms with E-state index in [1.54, 1.807) is 0 Å². The van der Waals surface area contributed by atoms with Crippen LogP contribution in [-0.2, 0) is 7.05 Å². The molecule has 0 aliphatic heterocycles. The molecule has 0 unspecified atom stereocenters. The predicted octanol–water partition coefficient (Wildman–Crippen LogP) is 4.57. The third-order valence-electron chi connectivity index (χ3n) is 4.60. The van der Waals surface area contributed by atoms with E-state index in [1.165, 1.54) is 0 Å². The van der Waals surface area contributed by atoms with Crippen LogP contribution in [0.3, 0.4) is 0 Å². The van der Waals surface area contributed by atoms with Crippen molar-refractivity contribution in [1.82, 2.24) is 0 Å². The highest BCUT2D eigenvalue weighted by Gasteiger charge is 2.23. The molecule has 0 amide bonds. The largest absolute Gasteiger partial charge is 0.455 e. The summed E-state index contributed by atoms with van der Waals surface area (Å²) in [6.07, 6.45) is 2.04. The number of hydrogen-bond acceptors (Lipinski definition) is 2. The molecule has 0 fully saturated rings. The fourth-order valence-corrected chi connectivity index (χ4v) is 3.50. The summed E-state index contributed by atoms with van der Waals surface area (Å²) in [5, 5.41) is 11.7. The molecule has 3 nitrogen and oxygen atoms in total. The second-order valence-electron chi connectivity index (χ2n) is 6.18. The Kier molecular flexibility index (Phi) is 3.14. The van der Waals surface area contributed by atoms with Gasteiger partial charge in [-0.05, 0) is 43.2 Å². The molecule has 2 aromatic heterocycles. The van der Waals surface area contributed by atoms with Crippen molar-refractivity contribution in [2.45, 2.75) is 13.8 Å². The normalized spacial score (nSPS) is 11.1. The lowest BCUT2D eigenvalue weighted by Gasteiger charge is -2.08. The highest BCUT2D eigenvalue weighted by molar-refractivity contribution is 6.15. The van der Waals surface area contributed by atoms with E-state index in [2.05, 4.69) is 36.6 Å². The molecule has 0 radical (unpaired) electrons. The summed E-state index contributed by atoms with van der Waals surface area (Å²) >= 11 is 0. The van der Waals surface area contributed by atoms with Gasteiger partial charge in [-0.25, -0.2) is 4.57 Å². The van der Waals surface area contributed by atoms with E-state index >= 15 is 0 Å². The third kappa shape index (κ3) is 1.93. The molecule has 2 aromatic carbocycles. The lowest BCUT2D eigenvalue weighted by molar-refractivity contribution is -0.660. The lowest BCUT2D eigenvalue weighted by atomic mass is 9.94. The molecular weight excluding hydrogens is 296 g/mol. The molecule has 24 heavy (non-hydrogen) atoms. The minimum atomic E-state index is 0.584. The number of hydrogen-bond donors (Lipinski definition) is 0. The Bertz CT molecular complexity index is 1150. The molecule has 2 heterocycles. The van der Waals surface area contributed by atoms with Crippen LogP contribution in [0.2, 0.25) is 0 Å². The van der Waals surface area contributed by atoms with Crippen molar-refractivity contribution in [1.29, 1.82) is 5.26 Å². The van der Waals surface area contributed by atoms with Crippen LogP contribution in [0.25, 0.3) is 33.2 Å². The molecule has 0 bridgehead atoms. The Morgan fingerprint density at radius 2 is 1.83 bits per heavy atom. The van der Waals surface area contributed by atoms with Gasteiger partial charge in [0, 0.05) is 22.9 Å². The van der Waals surface area contributed by atoms with Gasteiger partial charge in [-0.3, -0.25) is 0 Å². The standard InChI is InChI=1S/C21H17N2O/c1-13-7-6-9-17-19(13)20-18(16-8-4-5-10-23(16)3)14(2)11-15(12-22)21(20)24-17/h4-11H,1-3H3/q+1. The monoisotopic (exact) mass is 313 g/mol. The number of benzene rings is 2. The van der Waals surface area contributed by atoms with Crippen LogP contribution >= 0.6 is 0 Å². The third-order valence-corrected chi connectivity index (χ3v) is 4.60. The van der Waals surface area contributed by atoms with Crippen molar-refractivity contribution in [3.8, 4) is 17.3 Å². The number of nitrogens with zero attached hydrogens (tertiary/aromatic N) is 2. The van der Waals surface area contributed by atoms with Crippen molar-refractivity contribution in [2.75, 3.05) is 0 Å². The summed E-state index contributed by atoms with van der Waals surface area (Å²) in [5.41, 5.74) is 6.54. The van der Waals surface area contributed by atoms with Gasteiger partial charge in [-0.1, -0.05) is 12.1 Å². The summed E-state index contributed by atoms with van der Waals surface area (Å²) in [6, 6.07) is 16.4. The van der Waals surface area contributed by atoms with Gasteiger partial charge in [0.2, 0.25) is 5.69 Å². The smallest absolute Gasteiger partial charge is 0.213 e. The van der Waals surface area contributed by atoms with E-state index in [9.17, 15) is 5.26 Å². The first-order chi connectivity index (χ1) is 11.6. The molecule has 0 saturated carbocycles. The molecule has 0 spiro atoms. The van der Waals surface area contributed by atoms with E-state index in [0.29, 0.717) is 11.1 Å². The van der Waals surface area contributed by atoms with E-state index in [4.69, 9.17) is 4.42 Å². The van der Waals surface area contributed by atoms with Gasteiger partial charge in [-0.2, -0.15) is 5.26 Å². The quantitative estimate of drug-likeness (QED) is 0.483. The molecule has 0 aliphatic carbocycles. The van der Waals surface area contributed by atoms with E-state index < -0.39 is 0 Å². The van der Waals surface area contributed by atoms with Gasteiger partial charge >= 0.3 is 0 Å². The molecular formula is C21H17N2O+. The van der Waals surface area contributed by atoms with Gasteiger partial charge in [0.25, 0.3) is 0 Å². The fourth-order valence-electron chi connectivity index (χ4n) is 3.50. The Balaban J connectivity index is 2.30. The SMILES string of the molecule is Cc1cc(C#N)c2oc3cccc(C)c3c2c1-c1cccc[n+]1C. The average molecular weight is 313 g/mol. The average Bonchev–Trinajstić information content (AvgIpc) is 2.96. The molecule has 0 saturated heterocycles. The molecule has 4 rings (SSSR count). The lowest BCUT2D eigenvalue weighted by Crippen LogP contribution is -2.30. The predicted molar refractivity (Wildman–Crippen MR) is 94.5 cm³/mol. The second-order valence-corrected chi connectivity index (χ2v) is 6.18. The van der Waals surface area contributed by atoms with Crippen LogP contribution in [0.5, 0.6) is 0 Å². The summed E-state index contributed by atoms with van der Waals surface area (Å²) in [5.74, 6) is 0. The van der Waals surface area contributed by atoms with Gasteiger partial charge in [0.15, 0.2) is 11.8 Å². The number of aryl methyl sites for hydroxylation is 3. The van der Waals surface area contributed by atoms with Gasteiger partial charge in [-0.15, -0.1) is 0 Å². The number of rotatable bonds is 1. The number of pyridine rings is 1. The molecule has 4 aromatic rings. The van der Waals surface area contributed by atoms with Crippen LogP contribution in [0.15, 0.2) is 53.1 Å². The van der Waals surface area contributed by atoms with E-state index in [-0.39, 0.29) is 0 Å². The molecule has 116 valence electrons. The number of nitriles is 1. The van der Waals surface area contributed by atoms with Crippen LogP contribution in [0.1, 0.15) is 16.7 Å².